The molecule has 0 spiro atoms. The lowest BCUT2D eigenvalue weighted by molar-refractivity contribution is -0.121. The topological polar surface area (TPSA) is 54.5 Å². The van der Waals surface area contributed by atoms with Crippen molar-refractivity contribution in [1.29, 1.82) is 0 Å². The molecule has 4 rings (SSSR count). The Hall–Kier alpha value is -2.70. The van der Waals surface area contributed by atoms with Crippen molar-refractivity contribution in [3.63, 3.8) is 0 Å². The third-order valence-corrected chi connectivity index (χ3v) is 7.71. The van der Waals surface area contributed by atoms with Crippen molar-refractivity contribution in [3.05, 3.63) is 100 Å². The smallest absolute Gasteiger partial charge is 0.267 e. The molecular weight excluding hydrogens is 390 g/mol. The van der Waals surface area contributed by atoms with Crippen LogP contribution in [-0.4, -0.2) is 18.6 Å². The number of rotatable bonds is 4. The number of carbonyl (C=O) groups excluding carboxylic acids is 1. The Labute approximate surface area is 168 Å². The third kappa shape index (κ3) is 2.99. The summed E-state index contributed by atoms with van der Waals surface area (Å²) in [5.74, 6) is -0.972. The van der Waals surface area contributed by atoms with Gasteiger partial charge >= 0.3 is 0 Å². The Morgan fingerprint density at radius 2 is 1.64 bits per heavy atom. The lowest BCUT2D eigenvalue weighted by atomic mass is 9.88. The molecule has 0 saturated carbocycles. The molecular formula is C22H19NO3S2. The first kappa shape index (κ1) is 18.7. The summed E-state index contributed by atoms with van der Waals surface area (Å²) in [4.78, 5) is 14.1. The van der Waals surface area contributed by atoms with Crippen LogP contribution in [-0.2, 0) is 14.8 Å². The predicted molar refractivity (Wildman–Crippen MR) is 111 cm³/mol. The number of sulfonamides is 1. The van der Waals surface area contributed by atoms with Crippen molar-refractivity contribution in [2.45, 2.75) is 23.8 Å². The lowest BCUT2D eigenvalue weighted by Crippen LogP contribution is -2.34. The van der Waals surface area contributed by atoms with Crippen LogP contribution < -0.4 is 0 Å². The molecule has 1 amide bonds. The molecule has 1 fully saturated rings. The Bertz CT molecular complexity index is 1120. The molecule has 2 aromatic carbocycles. The summed E-state index contributed by atoms with van der Waals surface area (Å²) < 4.78 is 27.9. The summed E-state index contributed by atoms with van der Waals surface area (Å²) >= 11 is 1.44. The van der Waals surface area contributed by atoms with Gasteiger partial charge in [-0.2, -0.15) is 0 Å². The molecule has 4 nitrogen and oxygen atoms in total. The minimum atomic E-state index is -4.02. The minimum absolute atomic E-state index is 0.106. The zero-order chi connectivity index (χ0) is 19.9. The summed E-state index contributed by atoms with van der Waals surface area (Å²) in [5, 5.41) is 1.89. The van der Waals surface area contributed by atoms with Crippen molar-refractivity contribution >= 4 is 27.3 Å². The van der Waals surface area contributed by atoms with E-state index in [0.717, 1.165) is 20.3 Å². The summed E-state index contributed by atoms with van der Waals surface area (Å²) in [6.07, 6.45) is 0. The van der Waals surface area contributed by atoms with Crippen LogP contribution in [0.5, 0.6) is 0 Å². The average molecular weight is 410 g/mol. The maximum atomic E-state index is 13.5. The van der Waals surface area contributed by atoms with E-state index in [2.05, 4.69) is 6.58 Å². The highest BCUT2D eigenvalue weighted by Gasteiger charge is 2.50. The van der Waals surface area contributed by atoms with Gasteiger partial charge in [0, 0.05) is 16.4 Å². The quantitative estimate of drug-likeness (QED) is 0.589. The van der Waals surface area contributed by atoms with Crippen LogP contribution in [0.3, 0.4) is 0 Å². The van der Waals surface area contributed by atoms with Crippen LogP contribution in [0.2, 0.25) is 0 Å². The average Bonchev–Trinajstić information content (AvgIpc) is 3.30. The molecule has 0 unspecified atom stereocenters. The molecule has 0 N–H and O–H groups in total. The van der Waals surface area contributed by atoms with E-state index < -0.39 is 27.9 Å². The molecule has 1 aliphatic heterocycles. The van der Waals surface area contributed by atoms with Gasteiger partial charge < -0.3 is 0 Å². The first-order valence-electron chi connectivity index (χ1n) is 8.84. The first-order valence-corrected chi connectivity index (χ1v) is 11.2. The molecule has 142 valence electrons. The van der Waals surface area contributed by atoms with Gasteiger partial charge in [-0.1, -0.05) is 60.7 Å². The number of hydrogen-bond donors (Lipinski definition) is 0. The van der Waals surface area contributed by atoms with Gasteiger partial charge in [0.05, 0.1) is 10.9 Å². The van der Waals surface area contributed by atoms with Crippen LogP contribution in [0.15, 0.2) is 89.2 Å². The predicted octanol–water partition coefficient (Wildman–Crippen LogP) is 4.67. The van der Waals surface area contributed by atoms with Crippen LogP contribution in [0.25, 0.3) is 0 Å². The van der Waals surface area contributed by atoms with Crippen molar-refractivity contribution in [1.82, 2.24) is 4.31 Å². The van der Waals surface area contributed by atoms with E-state index in [1.165, 1.54) is 11.3 Å². The second kappa shape index (κ2) is 7.04. The van der Waals surface area contributed by atoms with Gasteiger partial charge in [-0.15, -0.1) is 11.3 Å². The maximum Gasteiger partial charge on any atom is 0.267 e. The number of hydrogen-bond acceptors (Lipinski definition) is 4. The molecule has 0 bridgehead atoms. The molecule has 1 aromatic heterocycles. The number of carbonyl (C=O) groups is 1. The summed E-state index contributed by atoms with van der Waals surface area (Å²) in [5.41, 5.74) is 2.12. The fourth-order valence-electron chi connectivity index (χ4n) is 3.59. The number of nitrogens with zero attached hydrogens (tertiary/aromatic N) is 1. The molecule has 28 heavy (non-hydrogen) atoms. The Balaban J connectivity index is 1.89. The van der Waals surface area contributed by atoms with E-state index in [4.69, 9.17) is 0 Å². The van der Waals surface area contributed by atoms with E-state index in [0.29, 0.717) is 5.57 Å². The molecule has 0 aliphatic carbocycles. The van der Waals surface area contributed by atoms with Gasteiger partial charge in [-0.3, -0.25) is 4.79 Å². The highest BCUT2D eigenvalue weighted by Crippen LogP contribution is 2.50. The SMILES string of the molecule is C=C1C(=O)N(S(=O)(=O)c2ccc(C)cc2)[C@H](c2cccs2)[C@@H]1c1ccccc1. The van der Waals surface area contributed by atoms with Crippen molar-refractivity contribution < 1.29 is 13.2 Å². The summed E-state index contributed by atoms with van der Waals surface area (Å²) in [6, 6.07) is 19.1. The molecule has 2 atom stereocenters. The zero-order valence-corrected chi connectivity index (χ0v) is 16.9. The van der Waals surface area contributed by atoms with E-state index in [1.54, 1.807) is 24.3 Å². The number of benzene rings is 2. The second-order valence-electron chi connectivity index (χ2n) is 6.79. The van der Waals surface area contributed by atoms with Crippen LogP contribution in [0.4, 0.5) is 0 Å². The monoisotopic (exact) mass is 409 g/mol. The van der Waals surface area contributed by atoms with Gasteiger partial charge in [0.1, 0.15) is 0 Å². The van der Waals surface area contributed by atoms with Crippen molar-refractivity contribution in [3.8, 4) is 0 Å². The van der Waals surface area contributed by atoms with Gasteiger partial charge in [0.25, 0.3) is 15.9 Å². The van der Waals surface area contributed by atoms with Gasteiger partial charge in [0.2, 0.25) is 0 Å². The molecule has 3 aromatic rings. The minimum Gasteiger partial charge on any atom is -0.268 e. The fourth-order valence-corrected chi connectivity index (χ4v) is 6.09. The van der Waals surface area contributed by atoms with Gasteiger partial charge in [-0.05, 0) is 36.1 Å². The standard InChI is InChI=1S/C22H19NO3S2/c1-15-10-12-18(13-11-15)28(25,26)23-21(19-9-6-14-27-19)20(16(2)22(23)24)17-7-4-3-5-8-17/h3-14,20-21H,2H2,1H3/t20-,21+/m0/s1. The fraction of sp³-hybridized carbons (Fsp3) is 0.136. The Morgan fingerprint density at radius 1 is 0.964 bits per heavy atom. The van der Waals surface area contributed by atoms with Crippen LogP contribution in [0.1, 0.15) is 28.0 Å². The number of aryl methyl sites for hydroxylation is 1. The third-order valence-electron chi connectivity index (χ3n) is 4.99. The van der Waals surface area contributed by atoms with Crippen molar-refractivity contribution in [2.24, 2.45) is 0 Å². The highest BCUT2D eigenvalue weighted by atomic mass is 32.2. The number of amides is 1. The number of thiophene rings is 1. The van der Waals surface area contributed by atoms with Crippen LogP contribution in [0, 0.1) is 6.92 Å². The zero-order valence-electron chi connectivity index (χ0n) is 15.3. The molecule has 6 heteroatoms. The lowest BCUT2D eigenvalue weighted by Gasteiger charge is -2.26. The van der Waals surface area contributed by atoms with E-state index >= 15 is 0 Å². The van der Waals surface area contributed by atoms with E-state index in [1.807, 2.05) is 54.8 Å². The summed E-state index contributed by atoms with van der Waals surface area (Å²) in [6.45, 7) is 5.86. The van der Waals surface area contributed by atoms with Crippen LogP contribution >= 0.6 is 11.3 Å². The summed E-state index contributed by atoms with van der Waals surface area (Å²) in [7, 11) is -4.02. The van der Waals surface area contributed by atoms with Gasteiger partial charge in [0.15, 0.2) is 0 Å². The first-order chi connectivity index (χ1) is 13.4. The highest BCUT2D eigenvalue weighted by molar-refractivity contribution is 7.89. The molecule has 1 saturated heterocycles. The molecule has 2 heterocycles. The van der Waals surface area contributed by atoms with E-state index in [-0.39, 0.29) is 4.90 Å². The van der Waals surface area contributed by atoms with Gasteiger partial charge in [-0.25, -0.2) is 12.7 Å². The Morgan fingerprint density at radius 3 is 2.25 bits per heavy atom. The van der Waals surface area contributed by atoms with Crippen molar-refractivity contribution in [2.75, 3.05) is 0 Å². The largest absolute Gasteiger partial charge is 0.268 e. The second-order valence-corrected chi connectivity index (χ2v) is 9.59. The van der Waals surface area contributed by atoms with E-state index in [9.17, 15) is 13.2 Å². The maximum absolute atomic E-state index is 13.5. The normalized spacial score (nSPS) is 20.0. The molecule has 0 radical (unpaired) electrons. The Kier molecular flexibility index (Phi) is 4.69. The molecule has 1 aliphatic rings.